The number of thioether (sulfide) groups is 1. The molecule has 1 fully saturated rings. The molecule has 1 aliphatic rings. The molecule has 5 rings (SSSR count). The number of aryl methyl sites for hydroxylation is 1. The third-order valence-electron chi connectivity index (χ3n) is 5.20. The Balaban J connectivity index is 1.42. The van der Waals surface area contributed by atoms with Gasteiger partial charge in [0.25, 0.3) is 5.91 Å². The normalized spacial score (nSPS) is 13.3. The van der Waals surface area contributed by atoms with Gasteiger partial charge in [-0.05, 0) is 60.5 Å². The summed E-state index contributed by atoms with van der Waals surface area (Å²) in [5.41, 5.74) is 4.05. The summed E-state index contributed by atoms with van der Waals surface area (Å²) in [7, 11) is 0. The second kappa shape index (κ2) is 8.69. The van der Waals surface area contributed by atoms with Crippen LogP contribution in [-0.2, 0) is 5.75 Å². The number of para-hydroxylation sites is 1. The van der Waals surface area contributed by atoms with Crippen molar-refractivity contribution in [2.75, 3.05) is 0 Å². The monoisotopic (exact) mass is 446 g/mol. The van der Waals surface area contributed by atoms with E-state index in [9.17, 15) is 4.79 Å². The van der Waals surface area contributed by atoms with Crippen LogP contribution in [0.5, 0.6) is 0 Å². The first-order valence-corrected chi connectivity index (χ1v) is 12.1. The van der Waals surface area contributed by atoms with Gasteiger partial charge in [-0.15, -0.1) is 21.5 Å². The lowest BCUT2D eigenvalue weighted by molar-refractivity contribution is 0.0951. The fourth-order valence-corrected chi connectivity index (χ4v) is 4.99. The van der Waals surface area contributed by atoms with Gasteiger partial charge in [-0.25, -0.2) is 0 Å². The minimum absolute atomic E-state index is 0.0115. The molecule has 2 aromatic heterocycles. The van der Waals surface area contributed by atoms with Crippen molar-refractivity contribution in [3.8, 4) is 16.4 Å². The highest BCUT2D eigenvalue weighted by molar-refractivity contribution is 7.98. The zero-order valence-electron chi connectivity index (χ0n) is 17.1. The fraction of sp³-hybridized carbons (Fsp3) is 0.208. The molecule has 0 unspecified atom stereocenters. The summed E-state index contributed by atoms with van der Waals surface area (Å²) in [5, 5.41) is 15.0. The third kappa shape index (κ3) is 4.43. The van der Waals surface area contributed by atoms with Crippen molar-refractivity contribution in [3.05, 3.63) is 82.7 Å². The predicted octanol–water partition coefficient (Wildman–Crippen LogP) is 5.49. The van der Waals surface area contributed by atoms with Crippen LogP contribution in [0, 0.1) is 6.92 Å². The molecule has 1 N–H and O–H groups in total. The number of hydrogen-bond donors (Lipinski definition) is 1. The first-order chi connectivity index (χ1) is 15.2. The second-order valence-corrected chi connectivity index (χ2v) is 9.53. The van der Waals surface area contributed by atoms with E-state index >= 15 is 0 Å². The summed E-state index contributed by atoms with van der Waals surface area (Å²) in [4.78, 5) is 13.5. The standard InChI is InChI=1S/C24H22N4OS2/c1-16-6-2-3-9-20(16)28-22(21-10-5-13-30-21)26-27-24(28)31-15-17-7-4-8-18(14-17)23(29)25-19-11-12-19/h2-10,13-14,19H,11-12,15H2,1H3,(H,25,29). The summed E-state index contributed by atoms with van der Waals surface area (Å²) in [6.07, 6.45) is 2.17. The predicted molar refractivity (Wildman–Crippen MR) is 126 cm³/mol. The molecule has 0 bridgehead atoms. The molecule has 1 amide bonds. The number of nitrogens with zero attached hydrogens (tertiary/aromatic N) is 3. The molecule has 0 atom stereocenters. The number of aromatic nitrogens is 3. The van der Waals surface area contributed by atoms with Gasteiger partial charge in [-0.3, -0.25) is 9.36 Å². The SMILES string of the molecule is Cc1ccccc1-n1c(SCc2cccc(C(=O)NC3CC3)c2)nnc1-c1cccs1. The Bertz CT molecular complexity index is 1210. The van der Waals surface area contributed by atoms with Crippen LogP contribution in [0.1, 0.15) is 34.3 Å². The van der Waals surface area contributed by atoms with Gasteiger partial charge in [0, 0.05) is 17.4 Å². The maximum absolute atomic E-state index is 12.4. The maximum atomic E-state index is 12.4. The smallest absolute Gasteiger partial charge is 0.251 e. The topological polar surface area (TPSA) is 59.8 Å². The Labute approximate surface area is 189 Å². The number of rotatable bonds is 7. The summed E-state index contributed by atoms with van der Waals surface area (Å²) in [6.45, 7) is 2.10. The number of carbonyl (C=O) groups is 1. The Hall–Kier alpha value is -2.90. The molecular formula is C24H22N4OS2. The van der Waals surface area contributed by atoms with Gasteiger partial charge in [-0.1, -0.05) is 48.2 Å². The number of amides is 1. The highest BCUT2D eigenvalue weighted by Gasteiger charge is 2.24. The molecule has 31 heavy (non-hydrogen) atoms. The van der Waals surface area contributed by atoms with Crippen molar-refractivity contribution in [1.82, 2.24) is 20.1 Å². The van der Waals surface area contributed by atoms with E-state index in [1.165, 1.54) is 5.56 Å². The van der Waals surface area contributed by atoms with Crippen molar-refractivity contribution in [2.24, 2.45) is 0 Å². The maximum Gasteiger partial charge on any atom is 0.251 e. The van der Waals surface area contributed by atoms with Gasteiger partial charge < -0.3 is 5.32 Å². The molecular weight excluding hydrogens is 424 g/mol. The van der Waals surface area contributed by atoms with E-state index in [1.54, 1.807) is 23.1 Å². The minimum atomic E-state index is 0.0115. The lowest BCUT2D eigenvalue weighted by Gasteiger charge is -2.12. The van der Waals surface area contributed by atoms with Gasteiger partial charge in [0.2, 0.25) is 0 Å². The summed E-state index contributed by atoms with van der Waals surface area (Å²) in [6, 6.07) is 20.6. The van der Waals surface area contributed by atoms with Gasteiger partial charge in [0.15, 0.2) is 11.0 Å². The molecule has 0 radical (unpaired) electrons. The van der Waals surface area contributed by atoms with Crippen LogP contribution in [-0.4, -0.2) is 26.7 Å². The first-order valence-electron chi connectivity index (χ1n) is 10.3. The molecule has 7 heteroatoms. The zero-order chi connectivity index (χ0) is 21.2. The number of carbonyl (C=O) groups excluding carboxylic acids is 1. The van der Waals surface area contributed by atoms with E-state index in [4.69, 9.17) is 0 Å². The van der Waals surface area contributed by atoms with Gasteiger partial charge in [0.05, 0.1) is 10.6 Å². The van der Waals surface area contributed by atoms with E-state index < -0.39 is 0 Å². The fourth-order valence-electron chi connectivity index (χ4n) is 3.41. The Kier molecular flexibility index (Phi) is 5.61. The molecule has 0 aliphatic heterocycles. The zero-order valence-corrected chi connectivity index (χ0v) is 18.7. The van der Waals surface area contributed by atoms with Crippen molar-refractivity contribution in [2.45, 2.75) is 36.7 Å². The average Bonchev–Trinajstić information content (AvgIpc) is 3.26. The molecule has 1 saturated carbocycles. The number of benzene rings is 2. The molecule has 4 aromatic rings. The number of nitrogens with one attached hydrogen (secondary N) is 1. The van der Waals surface area contributed by atoms with Crippen LogP contribution in [0.25, 0.3) is 16.4 Å². The van der Waals surface area contributed by atoms with E-state index in [2.05, 4.69) is 56.7 Å². The van der Waals surface area contributed by atoms with Crippen LogP contribution >= 0.6 is 23.1 Å². The number of hydrogen-bond acceptors (Lipinski definition) is 5. The van der Waals surface area contributed by atoms with E-state index in [0.29, 0.717) is 17.4 Å². The van der Waals surface area contributed by atoms with Gasteiger partial charge in [0.1, 0.15) is 0 Å². The Morgan fingerprint density at radius 1 is 1.13 bits per heavy atom. The van der Waals surface area contributed by atoms with E-state index in [1.807, 2.05) is 36.4 Å². The summed E-state index contributed by atoms with van der Waals surface area (Å²) >= 11 is 3.29. The lowest BCUT2D eigenvalue weighted by atomic mass is 10.1. The van der Waals surface area contributed by atoms with Gasteiger partial charge in [-0.2, -0.15) is 0 Å². The molecule has 0 spiro atoms. The average molecular weight is 447 g/mol. The van der Waals surface area contributed by atoms with E-state index in [0.717, 1.165) is 40.0 Å². The van der Waals surface area contributed by atoms with Crippen molar-refractivity contribution in [1.29, 1.82) is 0 Å². The summed E-state index contributed by atoms with van der Waals surface area (Å²) in [5.74, 6) is 1.57. The van der Waals surface area contributed by atoms with Gasteiger partial charge >= 0.3 is 0 Å². The summed E-state index contributed by atoms with van der Waals surface area (Å²) < 4.78 is 2.13. The Morgan fingerprint density at radius 3 is 2.77 bits per heavy atom. The molecule has 156 valence electrons. The van der Waals surface area contributed by atoms with Crippen LogP contribution in [0.15, 0.2) is 71.2 Å². The Morgan fingerprint density at radius 2 is 2.00 bits per heavy atom. The van der Waals surface area contributed by atoms with Crippen molar-refractivity contribution >= 4 is 29.0 Å². The molecule has 0 saturated heterocycles. The van der Waals surface area contributed by atoms with Crippen molar-refractivity contribution < 1.29 is 4.79 Å². The molecule has 2 aromatic carbocycles. The quantitative estimate of drug-likeness (QED) is 0.382. The third-order valence-corrected chi connectivity index (χ3v) is 7.07. The highest BCUT2D eigenvalue weighted by Crippen LogP contribution is 2.32. The minimum Gasteiger partial charge on any atom is -0.349 e. The van der Waals surface area contributed by atoms with Crippen molar-refractivity contribution in [3.63, 3.8) is 0 Å². The lowest BCUT2D eigenvalue weighted by Crippen LogP contribution is -2.25. The van der Waals surface area contributed by atoms with Crippen LogP contribution in [0.3, 0.4) is 0 Å². The first kappa shape index (κ1) is 20.0. The van der Waals surface area contributed by atoms with Crippen LogP contribution in [0.4, 0.5) is 0 Å². The van der Waals surface area contributed by atoms with Crippen LogP contribution in [0.2, 0.25) is 0 Å². The molecule has 1 aliphatic carbocycles. The second-order valence-electron chi connectivity index (χ2n) is 7.64. The molecule has 5 nitrogen and oxygen atoms in total. The van der Waals surface area contributed by atoms with Crippen LogP contribution < -0.4 is 5.32 Å². The number of thiophene rings is 1. The van der Waals surface area contributed by atoms with E-state index in [-0.39, 0.29) is 5.91 Å². The molecule has 2 heterocycles. The largest absolute Gasteiger partial charge is 0.349 e. The highest BCUT2D eigenvalue weighted by atomic mass is 32.2.